The first-order valence-electron chi connectivity index (χ1n) is 6.69. The molecule has 0 fully saturated rings. The summed E-state index contributed by atoms with van der Waals surface area (Å²) in [6, 6.07) is 0. The van der Waals surface area contributed by atoms with Crippen LogP contribution in [-0.2, 0) is 14.3 Å². The van der Waals surface area contributed by atoms with Gasteiger partial charge in [0, 0.05) is 14.0 Å². The third-order valence-corrected chi connectivity index (χ3v) is 3.46. The lowest BCUT2D eigenvalue weighted by Gasteiger charge is -2.30. The minimum atomic E-state index is -0.563. The van der Waals surface area contributed by atoms with Crippen molar-refractivity contribution in [2.24, 2.45) is 0 Å². The van der Waals surface area contributed by atoms with Gasteiger partial charge in [-0.25, -0.2) is 0 Å². The maximum Gasteiger partial charge on any atom is 0.303 e. The molecule has 0 spiro atoms. The Balaban J connectivity index is 4.29. The molecule has 0 N–H and O–H groups in total. The lowest BCUT2D eigenvalue weighted by atomic mass is 9.90. The number of hydrogen-bond donors (Lipinski definition) is 0. The third-order valence-electron chi connectivity index (χ3n) is 3.46. The molecule has 0 heterocycles. The van der Waals surface area contributed by atoms with E-state index in [1.807, 2.05) is 6.92 Å². The zero-order chi connectivity index (χ0) is 14.2. The Morgan fingerprint density at radius 2 is 1.89 bits per heavy atom. The van der Waals surface area contributed by atoms with E-state index in [-0.39, 0.29) is 11.6 Å². The molecule has 18 heavy (non-hydrogen) atoms. The van der Waals surface area contributed by atoms with Crippen molar-refractivity contribution >= 4 is 5.97 Å². The molecule has 0 aromatic heterocycles. The summed E-state index contributed by atoms with van der Waals surface area (Å²) in [7, 11) is 1.76. The molecule has 0 saturated heterocycles. The van der Waals surface area contributed by atoms with Crippen LogP contribution in [-0.4, -0.2) is 24.3 Å². The molecule has 3 heteroatoms. The average Bonchev–Trinajstić information content (AvgIpc) is 2.28. The number of rotatable bonds is 9. The van der Waals surface area contributed by atoms with Crippen molar-refractivity contribution in [1.82, 2.24) is 0 Å². The van der Waals surface area contributed by atoms with E-state index in [1.54, 1.807) is 13.2 Å². The molecule has 0 radical (unpaired) electrons. The molecular weight excluding hydrogens is 228 g/mol. The fourth-order valence-electron chi connectivity index (χ4n) is 2.19. The van der Waals surface area contributed by atoms with Crippen LogP contribution >= 0.6 is 0 Å². The van der Waals surface area contributed by atoms with Crippen LogP contribution in [0.25, 0.3) is 0 Å². The second kappa shape index (κ2) is 7.57. The molecule has 106 valence electrons. The van der Waals surface area contributed by atoms with E-state index >= 15 is 0 Å². The van der Waals surface area contributed by atoms with Gasteiger partial charge in [0.1, 0.15) is 5.60 Å². The van der Waals surface area contributed by atoms with Gasteiger partial charge in [0.05, 0.1) is 5.60 Å². The van der Waals surface area contributed by atoms with Crippen molar-refractivity contribution in [3.05, 3.63) is 12.7 Å². The van der Waals surface area contributed by atoms with Gasteiger partial charge in [-0.3, -0.25) is 4.79 Å². The van der Waals surface area contributed by atoms with Crippen molar-refractivity contribution < 1.29 is 14.3 Å². The number of esters is 1. The monoisotopic (exact) mass is 256 g/mol. The summed E-state index contributed by atoms with van der Waals surface area (Å²) in [6.07, 6.45) is 6.54. The first-order chi connectivity index (χ1) is 8.31. The van der Waals surface area contributed by atoms with E-state index in [9.17, 15) is 4.79 Å². The van der Waals surface area contributed by atoms with E-state index in [4.69, 9.17) is 9.47 Å². The largest absolute Gasteiger partial charge is 0.455 e. The molecule has 0 bridgehead atoms. The average molecular weight is 256 g/mol. The van der Waals surface area contributed by atoms with E-state index in [0.717, 1.165) is 32.1 Å². The van der Waals surface area contributed by atoms with Crippen LogP contribution in [0.5, 0.6) is 0 Å². The highest BCUT2D eigenvalue weighted by Crippen LogP contribution is 2.27. The molecule has 0 aromatic carbocycles. The van der Waals surface area contributed by atoms with Crippen LogP contribution in [0.15, 0.2) is 12.7 Å². The van der Waals surface area contributed by atoms with Crippen molar-refractivity contribution in [2.45, 2.75) is 71.0 Å². The van der Waals surface area contributed by atoms with Gasteiger partial charge in [-0.05, 0) is 45.6 Å². The Labute approximate surface area is 112 Å². The van der Waals surface area contributed by atoms with E-state index in [0.29, 0.717) is 0 Å². The number of hydrogen-bond acceptors (Lipinski definition) is 3. The summed E-state index contributed by atoms with van der Waals surface area (Å²) in [4.78, 5) is 11.0. The zero-order valence-corrected chi connectivity index (χ0v) is 12.5. The molecule has 2 unspecified atom stereocenters. The van der Waals surface area contributed by atoms with Crippen molar-refractivity contribution in [1.29, 1.82) is 0 Å². The maximum absolute atomic E-state index is 11.0. The normalized spacial score (nSPS) is 17.6. The van der Waals surface area contributed by atoms with Gasteiger partial charge in [-0.1, -0.05) is 19.9 Å². The van der Waals surface area contributed by atoms with Crippen molar-refractivity contribution in [3.8, 4) is 0 Å². The molecule has 0 aliphatic carbocycles. The molecule has 0 aliphatic rings. The lowest BCUT2D eigenvalue weighted by Crippen LogP contribution is -2.31. The summed E-state index contributed by atoms with van der Waals surface area (Å²) < 4.78 is 10.9. The Bertz CT molecular complexity index is 275. The predicted octanol–water partition coefficient (Wildman–Crippen LogP) is 3.87. The summed E-state index contributed by atoms with van der Waals surface area (Å²) in [5, 5.41) is 0. The predicted molar refractivity (Wildman–Crippen MR) is 74.5 cm³/mol. The van der Waals surface area contributed by atoms with E-state index < -0.39 is 5.60 Å². The first-order valence-corrected chi connectivity index (χ1v) is 6.69. The molecule has 0 aromatic rings. The number of carbonyl (C=O) groups excluding carboxylic acids is 1. The van der Waals surface area contributed by atoms with Crippen LogP contribution in [0.3, 0.4) is 0 Å². The Morgan fingerprint density at radius 1 is 1.28 bits per heavy atom. The summed E-state index contributed by atoms with van der Waals surface area (Å²) in [5.41, 5.74) is -0.639. The highest BCUT2D eigenvalue weighted by atomic mass is 16.6. The van der Waals surface area contributed by atoms with Crippen molar-refractivity contribution in [3.63, 3.8) is 0 Å². The topological polar surface area (TPSA) is 35.5 Å². The first kappa shape index (κ1) is 17.2. The minimum Gasteiger partial charge on any atom is -0.455 e. The second-order valence-electron chi connectivity index (χ2n) is 5.37. The van der Waals surface area contributed by atoms with Crippen LogP contribution in [0.4, 0.5) is 0 Å². The van der Waals surface area contributed by atoms with Gasteiger partial charge < -0.3 is 9.47 Å². The van der Waals surface area contributed by atoms with Gasteiger partial charge in [0.25, 0.3) is 0 Å². The molecule has 0 rings (SSSR count). The minimum absolute atomic E-state index is 0.0763. The Morgan fingerprint density at radius 3 is 2.28 bits per heavy atom. The van der Waals surface area contributed by atoms with Gasteiger partial charge in [-0.2, -0.15) is 0 Å². The highest BCUT2D eigenvalue weighted by Gasteiger charge is 2.27. The summed E-state index contributed by atoms with van der Waals surface area (Å²) in [6.45, 7) is 11.4. The van der Waals surface area contributed by atoms with Gasteiger partial charge in [0.2, 0.25) is 0 Å². The standard InChI is InChI=1S/C15H28O3/c1-7-10-15(5,17-6)12-9-11-14(4,8-2)18-13(3)16/h8H,2,7,9-12H2,1,3-6H3. The number of ether oxygens (including phenoxy) is 2. The maximum atomic E-state index is 11.0. The van der Waals surface area contributed by atoms with Gasteiger partial charge in [0.15, 0.2) is 0 Å². The molecule has 0 saturated carbocycles. The van der Waals surface area contributed by atoms with Crippen LogP contribution in [0.2, 0.25) is 0 Å². The van der Waals surface area contributed by atoms with Crippen LogP contribution < -0.4 is 0 Å². The zero-order valence-electron chi connectivity index (χ0n) is 12.5. The quantitative estimate of drug-likeness (QED) is 0.464. The number of carbonyl (C=O) groups is 1. The molecule has 2 atom stereocenters. The Kier molecular flexibility index (Phi) is 7.22. The molecule has 3 nitrogen and oxygen atoms in total. The molecule has 0 amide bonds. The van der Waals surface area contributed by atoms with E-state index in [2.05, 4.69) is 20.4 Å². The van der Waals surface area contributed by atoms with Crippen LogP contribution in [0.1, 0.15) is 59.8 Å². The third kappa shape index (κ3) is 6.20. The molecular formula is C15H28O3. The second-order valence-corrected chi connectivity index (χ2v) is 5.37. The summed E-state index contributed by atoms with van der Waals surface area (Å²) in [5.74, 6) is -0.263. The van der Waals surface area contributed by atoms with Gasteiger partial charge >= 0.3 is 5.97 Å². The Hall–Kier alpha value is -0.830. The van der Waals surface area contributed by atoms with Gasteiger partial charge in [-0.15, -0.1) is 0 Å². The highest BCUT2D eigenvalue weighted by molar-refractivity contribution is 5.66. The van der Waals surface area contributed by atoms with Crippen LogP contribution in [0, 0.1) is 0 Å². The van der Waals surface area contributed by atoms with E-state index in [1.165, 1.54) is 6.92 Å². The fourth-order valence-corrected chi connectivity index (χ4v) is 2.19. The SMILES string of the molecule is C=CC(C)(CCCC(C)(CCC)OC)OC(C)=O. The lowest BCUT2D eigenvalue weighted by molar-refractivity contribution is -0.151. The number of methoxy groups -OCH3 is 1. The summed E-state index contributed by atoms with van der Waals surface area (Å²) >= 11 is 0. The van der Waals surface area contributed by atoms with Crippen molar-refractivity contribution in [2.75, 3.05) is 7.11 Å². The fraction of sp³-hybridized carbons (Fsp3) is 0.800. The smallest absolute Gasteiger partial charge is 0.303 e. The molecule has 0 aliphatic heterocycles.